The Balaban J connectivity index is 1.67. The number of aryl methyl sites for hydroxylation is 1. The molecule has 2 nitrogen and oxygen atoms in total. The molecule has 0 amide bonds. The minimum atomic E-state index is 0.286. The summed E-state index contributed by atoms with van der Waals surface area (Å²) in [5.74, 6) is 0. The molecule has 2 aromatic rings. The van der Waals surface area contributed by atoms with E-state index < -0.39 is 0 Å². The predicted octanol–water partition coefficient (Wildman–Crippen LogP) is 6.09. The van der Waals surface area contributed by atoms with Crippen molar-refractivity contribution in [3.8, 4) is 0 Å². The quantitative estimate of drug-likeness (QED) is 0.474. The van der Waals surface area contributed by atoms with Gasteiger partial charge in [0.25, 0.3) is 0 Å². The van der Waals surface area contributed by atoms with Crippen LogP contribution in [-0.2, 0) is 17.9 Å². The third-order valence-electron chi connectivity index (χ3n) is 3.72. The summed E-state index contributed by atoms with van der Waals surface area (Å²) in [6.45, 7) is 0.286. The van der Waals surface area contributed by atoms with E-state index in [9.17, 15) is 0 Å². The molecule has 23 heavy (non-hydrogen) atoms. The van der Waals surface area contributed by atoms with Crippen molar-refractivity contribution in [3.63, 3.8) is 0 Å². The normalized spacial score (nSPS) is 14.2. The highest BCUT2D eigenvalue weighted by Gasteiger charge is 2.15. The van der Waals surface area contributed by atoms with Crippen LogP contribution >= 0.6 is 34.8 Å². The molecule has 0 aliphatic heterocycles. The van der Waals surface area contributed by atoms with Gasteiger partial charge in [0.1, 0.15) is 6.61 Å². The number of benzene rings is 2. The molecule has 1 aliphatic carbocycles. The topological polar surface area (TPSA) is 21.6 Å². The number of hydrogen-bond acceptors (Lipinski definition) is 2. The van der Waals surface area contributed by atoms with Gasteiger partial charge in [-0.1, -0.05) is 70.3 Å². The Labute approximate surface area is 150 Å². The maximum Gasteiger partial charge on any atom is 0.143 e. The maximum absolute atomic E-state index is 6.45. The van der Waals surface area contributed by atoms with Gasteiger partial charge in [-0.25, -0.2) is 0 Å². The summed E-state index contributed by atoms with van der Waals surface area (Å²) in [6, 6.07) is 13.4. The molecule has 0 spiro atoms. The standard InChI is InChI=1S/C18H14Cl3NO/c19-15-8-7-14(17(20)9-15)11-23-22-10-13-6-5-12-3-1-2-4-16(12)18(13)21/h1-4,7-10H,5-6,11H2. The Morgan fingerprint density at radius 3 is 2.70 bits per heavy atom. The van der Waals surface area contributed by atoms with Crippen molar-refractivity contribution in [2.45, 2.75) is 19.4 Å². The number of rotatable bonds is 4. The molecule has 0 radical (unpaired) electrons. The molecule has 5 heteroatoms. The Morgan fingerprint density at radius 1 is 1.04 bits per heavy atom. The van der Waals surface area contributed by atoms with Gasteiger partial charge < -0.3 is 4.84 Å². The first-order valence-electron chi connectivity index (χ1n) is 7.21. The van der Waals surface area contributed by atoms with Crippen LogP contribution in [-0.4, -0.2) is 6.21 Å². The van der Waals surface area contributed by atoms with Crippen molar-refractivity contribution in [2.75, 3.05) is 0 Å². The molecule has 0 bridgehead atoms. The lowest BCUT2D eigenvalue weighted by Crippen LogP contribution is -2.03. The summed E-state index contributed by atoms with van der Waals surface area (Å²) in [5.41, 5.74) is 4.15. The lowest BCUT2D eigenvalue weighted by molar-refractivity contribution is 0.132. The first-order chi connectivity index (χ1) is 11.1. The van der Waals surface area contributed by atoms with Crippen molar-refractivity contribution >= 4 is 46.0 Å². The van der Waals surface area contributed by atoms with Crippen LogP contribution in [0.3, 0.4) is 0 Å². The summed E-state index contributed by atoms with van der Waals surface area (Å²) in [7, 11) is 0. The van der Waals surface area contributed by atoms with E-state index in [1.807, 2.05) is 24.3 Å². The molecule has 0 fully saturated rings. The zero-order valence-corrected chi connectivity index (χ0v) is 14.5. The molecular formula is C18H14Cl3NO. The van der Waals surface area contributed by atoms with Gasteiger partial charge in [0, 0.05) is 15.6 Å². The molecular weight excluding hydrogens is 353 g/mol. The van der Waals surface area contributed by atoms with E-state index in [2.05, 4.69) is 11.2 Å². The van der Waals surface area contributed by atoms with Gasteiger partial charge in [0.2, 0.25) is 0 Å². The van der Waals surface area contributed by atoms with E-state index in [0.29, 0.717) is 10.0 Å². The summed E-state index contributed by atoms with van der Waals surface area (Å²) in [5, 5.41) is 5.92. The van der Waals surface area contributed by atoms with Crippen LogP contribution in [0.15, 0.2) is 53.2 Å². The lowest BCUT2D eigenvalue weighted by atomic mass is 9.92. The largest absolute Gasteiger partial charge is 0.391 e. The fourth-order valence-corrected chi connectivity index (χ4v) is 3.26. The van der Waals surface area contributed by atoms with Gasteiger partial charge in [-0.3, -0.25) is 0 Å². The van der Waals surface area contributed by atoms with Gasteiger partial charge in [0.15, 0.2) is 0 Å². The summed E-state index contributed by atoms with van der Waals surface area (Å²) < 4.78 is 0. The average molecular weight is 367 g/mol. The molecule has 118 valence electrons. The summed E-state index contributed by atoms with van der Waals surface area (Å²) >= 11 is 18.4. The molecule has 0 aromatic heterocycles. The third kappa shape index (κ3) is 3.89. The van der Waals surface area contributed by atoms with Crippen molar-refractivity contribution in [1.82, 2.24) is 0 Å². The SMILES string of the molecule is ClC1=C(C=NOCc2ccc(Cl)cc2Cl)CCc2ccccc21. The zero-order valence-electron chi connectivity index (χ0n) is 12.2. The molecule has 0 saturated heterocycles. The van der Waals surface area contributed by atoms with Crippen LogP contribution in [0.1, 0.15) is 23.1 Å². The Bertz CT molecular complexity index is 784. The summed E-state index contributed by atoms with van der Waals surface area (Å²) in [4.78, 5) is 5.33. The fourth-order valence-electron chi connectivity index (χ4n) is 2.47. The number of fused-ring (bicyclic) bond motifs is 1. The molecule has 1 aliphatic rings. The number of halogens is 3. The second-order valence-electron chi connectivity index (χ2n) is 5.24. The summed E-state index contributed by atoms with van der Waals surface area (Å²) in [6.07, 6.45) is 3.49. The van der Waals surface area contributed by atoms with E-state index in [1.165, 1.54) is 5.56 Å². The molecule has 2 aromatic carbocycles. The van der Waals surface area contributed by atoms with Crippen LogP contribution in [0.5, 0.6) is 0 Å². The highest BCUT2D eigenvalue weighted by Crippen LogP contribution is 2.33. The number of oxime groups is 1. The van der Waals surface area contributed by atoms with Crippen LogP contribution in [0, 0.1) is 0 Å². The third-order valence-corrected chi connectivity index (χ3v) is 4.75. The first-order valence-corrected chi connectivity index (χ1v) is 8.35. The van der Waals surface area contributed by atoms with Gasteiger partial charge in [-0.15, -0.1) is 0 Å². The lowest BCUT2D eigenvalue weighted by Gasteiger charge is -2.16. The Hall–Kier alpha value is -1.48. The minimum absolute atomic E-state index is 0.286. The van der Waals surface area contributed by atoms with Crippen molar-refractivity contribution in [1.29, 1.82) is 0 Å². The van der Waals surface area contributed by atoms with Gasteiger partial charge in [0.05, 0.1) is 11.2 Å². The van der Waals surface area contributed by atoms with Gasteiger partial charge >= 0.3 is 0 Å². The second kappa shape index (κ2) is 7.39. The molecule has 0 saturated carbocycles. The maximum atomic E-state index is 6.45. The average Bonchev–Trinajstić information content (AvgIpc) is 2.55. The van der Waals surface area contributed by atoms with Crippen LogP contribution in [0.4, 0.5) is 0 Å². The van der Waals surface area contributed by atoms with Crippen LogP contribution in [0.25, 0.3) is 5.03 Å². The molecule has 0 atom stereocenters. The smallest absolute Gasteiger partial charge is 0.143 e. The molecule has 0 unspecified atom stereocenters. The van der Waals surface area contributed by atoms with E-state index >= 15 is 0 Å². The fraction of sp³-hybridized carbons (Fsp3) is 0.167. The van der Waals surface area contributed by atoms with E-state index in [4.69, 9.17) is 39.6 Å². The van der Waals surface area contributed by atoms with E-state index in [1.54, 1.807) is 18.3 Å². The van der Waals surface area contributed by atoms with E-state index in [0.717, 1.165) is 34.6 Å². The first kappa shape index (κ1) is 16.4. The second-order valence-corrected chi connectivity index (χ2v) is 6.46. The molecule has 0 N–H and O–H groups in total. The Morgan fingerprint density at radius 2 is 1.87 bits per heavy atom. The van der Waals surface area contributed by atoms with E-state index in [-0.39, 0.29) is 6.61 Å². The molecule has 3 rings (SSSR count). The van der Waals surface area contributed by atoms with Crippen molar-refractivity contribution in [3.05, 3.63) is 74.8 Å². The van der Waals surface area contributed by atoms with Crippen LogP contribution < -0.4 is 0 Å². The highest BCUT2D eigenvalue weighted by molar-refractivity contribution is 6.50. The number of allylic oxidation sites excluding steroid dienone is 1. The number of hydrogen-bond donors (Lipinski definition) is 0. The van der Waals surface area contributed by atoms with Gasteiger partial charge in [-0.05, 0) is 41.7 Å². The number of nitrogens with zero attached hydrogens (tertiary/aromatic N) is 1. The monoisotopic (exact) mass is 365 g/mol. The highest BCUT2D eigenvalue weighted by atomic mass is 35.5. The van der Waals surface area contributed by atoms with Crippen molar-refractivity contribution < 1.29 is 4.84 Å². The van der Waals surface area contributed by atoms with Crippen LogP contribution in [0.2, 0.25) is 10.0 Å². The van der Waals surface area contributed by atoms with Gasteiger partial charge in [-0.2, -0.15) is 0 Å². The zero-order chi connectivity index (χ0) is 16.2. The Kier molecular flexibility index (Phi) is 5.27. The predicted molar refractivity (Wildman–Crippen MR) is 97.3 cm³/mol. The molecule has 0 heterocycles. The minimum Gasteiger partial charge on any atom is -0.391 e. The van der Waals surface area contributed by atoms with Crippen molar-refractivity contribution in [2.24, 2.45) is 5.16 Å².